The van der Waals surface area contributed by atoms with Crippen LogP contribution in [-0.2, 0) is 17.6 Å². The minimum absolute atomic E-state index is 0.0839. The van der Waals surface area contributed by atoms with E-state index in [1.54, 1.807) is 56.4 Å². The summed E-state index contributed by atoms with van der Waals surface area (Å²) in [5, 5.41) is 7.60. The van der Waals surface area contributed by atoms with Crippen LogP contribution in [0.1, 0.15) is 52.6 Å². The zero-order valence-corrected chi connectivity index (χ0v) is 19.7. The number of benzene rings is 2. The fourth-order valence-corrected chi connectivity index (χ4v) is 4.47. The van der Waals surface area contributed by atoms with Crippen molar-refractivity contribution >= 4 is 34.8 Å². The van der Waals surface area contributed by atoms with Gasteiger partial charge in [0.2, 0.25) is 0 Å². The molecule has 0 fully saturated rings. The van der Waals surface area contributed by atoms with Crippen LogP contribution in [0.2, 0.25) is 0 Å². The summed E-state index contributed by atoms with van der Waals surface area (Å²) in [5.41, 5.74) is 3.63. The summed E-state index contributed by atoms with van der Waals surface area (Å²) in [5.74, 6) is -0.193. The molecule has 4 rings (SSSR count). The molecule has 0 radical (unpaired) electrons. The molecule has 2 N–H and O–H groups in total. The van der Waals surface area contributed by atoms with Crippen LogP contribution in [-0.4, -0.2) is 29.9 Å². The molecule has 1 aromatic heterocycles. The first kappa shape index (κ1) is 22.7. The van der Waals surface area contributed by atoms with Gasteiger partial charge in [-0.3, -0.25) is 14.9 Å². The van der Waals surface area contributed by atoms with Crippen molar-refractivity contribution in [1.82, 2.24) is 5.32 Å². The maximum atomic E-state index is 13.2. The summed E-state index contributed by atoms with van der Waals surface area (Å²) in [4.78, 5) is 38.7. The molecule has 6 nitrogen and oxygen atoms in total. The van der Waals surface area contributed by atoms with Gasteiger partial charge in [-0.15, -0.1) is 11.3 Å². The Morgan fingerprint density at radius 2 is 1.94 bits per heavy atom. The maximum absolute atomic E-state index is 13.2. The van der Waals surface area contributed by atoms with E-state index in [2.05, 4.69) is 10.6 Å². The Morgan fingerprint density at radius 1 is 1.12 bits per heavy atom. The molecule has 0 bridgehead atoms. The predicted octanol–water partition coefficient (Wildman–Crippen LogP) is 5.47. The van der Waals surface area contributed by atoms with E-state index in [9.17, 15) is 14.4 Å². The van der Waals surface area contributed by atoms with Gasteiger partial charge in [0.05, 0.1) is 0 Å². The standard InChI is InChI=1S/C26H26N2O4S/c1-26(2,3)32-25(31)28-21-9-7-18(23-5-4-12-33-23)14-19(21)15-22(29)17-6-8-20-16(13-17)10-11-27-24(20)30/h4-9,12-14H,10-11,15H2,1-3H3,(H,27,30)(H,28,31). The maximum Gasteiger partial charge on any atom is 0.412 e. The highest BCUT2D eigenvalue weighted by atomic mass is 32.1. The highest BCUT2D eigenvalue weighted by molar-refractivity contribution is 7.13. The third-order valence-corrected chi connectivity index (χ3v) is 6.17. The van der Waals surface area contributed by atoms with Crippen LogP contribution in [0.4, 0.5) is 10.5 Å². The first-order chi connectivity index (χ1) is 15.7. The van der Waals surface area contributed by atoms with Gasteiger partial charge in [-0.2, -0.15) is 0 Å². The molecular formula is C26H26N2O4S. The van der Waals surface area contributed by atoms with Gasteiger partial charge in [0, 0.05) is 34.7 Å². The van der Waals surface area contributed by atoms with Gasteiger partial charge in [-0.1, -0.05) is 18.2 Å². The highest BCUT2D eigenvalue weighted by Crippen LogP contribution is 2.30. The Balaban J connectivity index is 1.62. The number of anilines is 1. The second kappa shape index (κ2) is 9.19. The molecule has 0 spiro atoms. The zero-order valence-electron chi connectivity index (χ0n) is 18.9. The quantitative estimate of drug-likeness (QED) is 0.492. The lowest BCUT2D eigenvalue weighted by Gasteiger charge is -2.21. The molecule has 170 valence electrons. The Bertz CT molecular complexity index is 1210. The number of hydrogen-bond acceptors (Lipinski definition) is 5. The Labute approximate surface area is 197 Å². The third kappa shape index (κ3) is 5.49. The van der Waals surface area contributed by atoms with Crippen molar-refractivity contribution in [3.8, 4) is 10.4 Å². The lowest BCUT2D eigenvalue weighted by atomic mass is 9.94. The number of fused-ring (bicyclic) bond motifs is 1. The van der Waals surface area contributed by atoms with Crippen LogP contribution in [0, 0.1) is 0 Å². The van der Waals surface area contributed by atoms with E-state index < -0.39 is 11.7 Å². The average molecular weight is 463 g/mol. The van der Waals surface area contributed by atoms with Crippen molar-refractivity contribution in [3.63, 3.8) is 0 Å². The SMILES string of the molecule is CC(C)(C)OC(=O)Nc1ccc(-c2cccs2)cc1CC(=O)c1ccc2c(c1)CCNC2=O. The largest absolute Gasteiger partial charge is 0.444 e. The van der Waals surface area contributed by atoms with Crippen LogP contribution in [0.5, 0.6) is 0 Å². The van der Waals surface area contributed by atoms with Crippen LogP contribution < -0.4 is 10.6 Å². The van der Waals surface area contributed by atoms with Gasteiger partial charge in [0.25, 0.3) is 5.91 Å². The van der Waals surface area contributed by atoms with E-state index in [1.165, 1.54) is 0 Å². The number of nitrogens with one attached hydrogen (secondary N) is 2. The predicted molar refractivity (Wildman–Crippen MR) is 130 cm³/mol. The molecule has 33 heavy (non-hydrogen) atoms. The number of Topliss-reactive ketones (excluding diaryl/α,β-unsaturated/α-hetero) is 1. The van der Waals surface area contributed by atoms with Crippen molar-refractivity contribution < 1.29 is 19.1 Å². The third-order valence-electron chi connectivity index (χ3n) is 5.25. The van der Waals surface area contributed by atoms with E-state index in [0.717, 1.165) is 16.0 Å². The van der Waals surface area contributed by atoms with Gasteiger partial charge in [-0.25, -0.2) is 4.79 Å². The van der Waals surface area contributed by atoms with Crippen molar-refractivity contribution in [1.29, 1.82) is 0 Å². The number of ether oxygens (including phenoxy) is 1. The number of ketones is 1. The molecule has 0 saturated carbocycles. The fourth-order valence-electron chi connectivity index (χ4n) is 3.75. The van der Waals surface area contributed by atoms with Crippen LogP contribution >= 0.6 is 11.3 Å². The molecule has 1 aliphatic heterocycles. The molecule has 7 heteroatoms. The zero-order chi connectivity index (χ0) is 23.6. The summed E-state index contributed by atoms with van der Waals surface area (Å²) in [6.45, 7) is 5.96. The van der Waals surface area contributed by atoms with Gasteiger partial charge >= 0.3 is 6.09 Å². The highest BCUT2D eigenvalue weighted by Gasteiger charge is 2.21. The molecule has 0 atom stereocenters. The molecule has 2 aromatic carbocycles. The Morgan fingerprint density at radius 3 is 2.67 bits per heavy atom. The molecule has 2 heterocycles. The number of amides is 2. The Kier molecular flexibility index (Phi) is 6.33. The van der Waals surface area contributed by atoms with Gasteiger partial charge < -0.3 is 10.1 Å². The second-order valence-electron chi connectivity index (χ2n) is 8.95. The number of thiophene rings is 1. The molecule has 3 aromatic rings. The molecule has 2 amide bonds. The first-order valence-electron chi connectivity index (χ1n) is 10.8. The van der Waals surface area contributed by atoms with E-state index in [1.807, 2.05) is 29.6 Å². The van der Waals surface area contributed by atoms with Gasteiger partial charge in [0.1, 0.15) is 5.60 Å². The molecule has 1 aliphatic rings. The average Bonchev–Trinajstić information content (AvgIpc) is 3.28. The van der Waals surface area contributed by atoms with Crippen LogP contribution in [0.3, 0.4) is 0 Å². The van der Waals surface area contributed by atoms with Gasteiger partial charge in [0.15, 0.2) is 5.78 Å². The van der Waals surface area contributed by atoms with E-state index >= 15 is 0 Å². The molecule has 0 unspecified atom stereocenters. The van der Waals surface area contributed by atoms with Crippen molar-refractivity contribution in [3.05, 3.63) is 76.2 Å². The van der Waals surface area contributed by atoms with Crippen LogP contribution in [0.15, 0.2) is 53.9 Å². The molecular weight excluding hydrogens is 436 g/mol. The lowest BCUT2D eigenvalue weighted by Crippen LogP contribution is -2.31. The summed E-state index contributed by atoms with van der Waals surface area (Å²) in [6.07, 6.45) is 0.233. The van der Waals surface area contributed by atoms with Crippen molar-refractivity contribution in [2.75, 3.05) is 11.9 Å². The lowest BCUT2D eigenvalue weighted by molar-refractivity contribution is 0.0635. The summed E-state index contributed by atoms with van der Waals surface area (Å²) in [7, 11) is 0. The van der Waals surface area contributed by atoms with Crippen molar-refractivity contribution in [2.24, 2.45) is 0 Å². The van der Waals surface area contributed by atoms with E-state index in [4.69, 9.17) is 4.74 Å². The summed E-state index contributed by atoms with van der Waals surface area (Å²) >= 11 is 1.61. The topological polar surface area (TPSA) is 84.5 Å². The Hall–Kier alpha value is -3.45. The summed E-state index contributed by atoms with van der Waals surface area (Å²) < 4.78 is 5.39. The number of hydrogen-bond donors (Lipinski definition) is 2. The molecule has 0 aliphatic carbocycles. The fraction of sp³-hybridized carbons (Fsp3) is 0.269. The van der Waals surface area contributed by atoms with Crippen LogP contribution in [0.25, 0.3) is 10.4 Å². The molecule has 0 saturated heterocycles. The van der Waals surface area contributed by atoms with E-state index in [-0.39, 0.29) is 18.1 Å². The number of carbonyl (C=O) groups excluding carboxylic acids is 3. The smallest absolute Gasteiger partial charge is 0.412 e. The normalized spacial score (nSPS) is 13.1. The van der Waals surface area contributed by atoms with E-state index in [0.29, 0.717) is 35.3 Å². The van der Waals surface area contributed by atoms with Gasteiger partial charge in [-0.05, 0) is 79.6 Å². The number of carbonyl (C=O) groups is 3. The monoisotopic (exact) mass is 462 g/mol. The number of rotatable bonds is 5. The van der Waals surface area contributed by atoms with Crippen molar-refractivity contribution in [2.45, 2.75) is 39.2 Å². The second-order valence-corrected chi connectivity index (χ2v) is 9.90. The first-order valence-corrected chi connectivity index (χ1v) is 11.7. The minimum Gasteiger partial charge on any atom is -0.444 e. The summed E-state index contributed by atoms with van der Waals surface area (Å²) in [6, 6.07) is 14.8. The minimum atomic E-state index is -0.633.